The van der Waals surface area contributed by atoms with Crippen LogP contribution in [0, 0.1) is 20.8 Å². The van der Waals surface area contributed by atoms with Crippen LogP contribution >= 0.6 is 0 Å². The number of rotatable bonds is 5. The third-order valence-corrected chi connectivity index (χ3v) is 4.78. The van der Waals surface area contributed by atoms with Crippen LogP contribution in [-0.4, -0.2) is 62.5 Å². The Kier molecular flexibility index (Phi) is 5.59. The minimum Gasteiger partial charge on any atom is -0.496 e. The SMILES string of the molecule is COc1c(C)cc(C(=O)CCN2CCN(C)CC2)c(C)c1C. The van der Waals surface area contributed by atoms with Gasteiger partial charge in [0.05, 0.1) is 7.11 Å². The zero-order chi connectivity index (χ0) is 16.3. The molecule has 0 radical (unpaired) electrons. The second-order valence-electron chi connectivity index (χ2n) is 6.34. The molecule has 1 saturated heterocycles. The number of hydrogen-bond donors (Lipinski definition) is 0. The molecule has 0 bridgehead atoms. The minimum atomic E-state index is 0.241. The summed E-state index contributed by atoms with van der Waals surface area (Å²) >= 11 is 0. The van der Waals surface area contributed by atoms with Crippen LogP contribution in [0.3, 0.4) is 0 Å². The summed E-state index contributed by atoms with van der Waals surface area (Å²) in [5.41, 5.74) is 4.01. The summed E-state index contributed by atoms with van der Waals surface area (Å²) in [5.74, 6) is 1.14. The molecule has 1 heterocycles. The average Bonchev–Trinajstić information content (AvgIpc) is 2.50. The summed E-state index contributed by atoms with van der Waals surface area (Å²) in [7, 11) is 3.83. The van der Waals surface area contributed by atoms with Crippen molar-refractivity contribution in [1.82, 2.24) is 9.80 Å². The highest BCUT2D eigenvalue weighted by atomic mass is 16.5. The van der Waals surface area contributed by atoms with E-state index in [-0.39, 0.29) is 5.78 Å². The summed E-state index contributed by atoms with van der Waals surface area (Å²) in [5, 5.41) is 0. The largest absolute Gasteiger partial charge is 0.496 e. The van der Waals surface area contributed by atoms with E-state index in [1.807, 2.05) is 26.8 Å². The highest BCUT2D eigenvalue weighted by molar-refractivity contribution is 5.98. The molecule has 0 spiro atoms. The molecule has 122 valence electrons. The number of ketones is 1. The van der Waals surface area contributed by atoms with E-state index in [0.717, 1.165) is 60.7 Å². The first-order valence-corrected chi connectivity index (χ1v) is 8.03. The van der Waals surface area contributed by atoms with Crippen LogP contribution < -0.4 is 4.74 Å². The zero-order valence-corrected chi connectivity index (χ0v) is 14.5. The van der Waals surface area contributed by atoms with Gasteiger partial charge in [-0.3, -0.25) is 4.79 Å². The molecule has 0 aliphatic carbocycles. The van der Waals surface area contributed by atoms with Crippen molar-refractivity contribution in [2.75, 3.05) is 46.9 Å². The van der Waals surface area contributed by atoms with Crippen LogP contribution in [-0.2, 0) is 0 Å². The summed E-state index contributed by atoms with van der Waals surface area (Å²) < 4.78 is 5.43. The van der Waals surface area contributed by atoms with E-state index < -0.39 is 0 Å². The summed E-state index contributed by atoms with van der Waals surface area (Å²) in [4.78, 5) is 17.3. The lowest BCUT2D eigenvalue weighted by atomic mass is 9.95. The third kappa shape index (κ3) is 3.68. The van der Waals surface area contributed by atoms with E-state index in [1.54, 1.807) is 7.11 Å². The molecule has 1 aromatic carbocycles. The van der Waals surface area contributed by atoms with Gasteiger partial charge in [-0.2, -0.15) is 0 Å². The Morgan fingerprint density at radius 2 is 1.77 bits per heavy atom. The van der Waals surface area contributed by atoms with Gasteiger partial charge in [0.15, 0.2) is 5.78 Å². The topological polar surface area (TPSA) is 32.8 Å². The molecule has 0 amide bonds. The van der Waals surface area contributed by atoms with Gasteiger partial charge in [0.1, 0.15) is 5.75 Å². The summed E-state index contributed by atoms with van der Waals surface area (Å²) in [6, 6.07) is 1.98. The first kappa shape index (κ1) is 17.0. The number of benzene rings is 1. The standard InChI is InChI=1S/C18H28N2O2/c1-13-12-16(14(2)15(3)18(13)22-5)17(21)6-7-20-10-8-19(4)9-11-20/h12H,6-11H2,1-5H3. The van der Waals surface area contributed by atoms with Crippen molar-refractivity contribution in [3.63, 3.8) is 0 Å². The van der Waals surface area contributed by atoms with E-state index in [1.165, 1.54) is 0 Å². The molecule has 1 aliphatic rings. The fourth-order valence-corrected chi connectivity index (χ4v) is 3.13. The van der Waals surface area contributed by atoms with Crippen LogP contribution in [0.15, 0.2) is 6.07 Å². The Balaban J connectivity index is 2.04. The van der Waals surface area contributed by atoms with Crippen LogP contribution in [0.1, 0.15) is 33.5 Å². The Morgan fingerprint density at radius 3 is 2.36 bits per heavy atom. The Morgan fingerprint density at radius 1 is 1.14 bits per heavy atom. The Hall–Kier alpha value is -1.39. The summed E-state index contributed by atoms with van der Waals surface area (Å²) in [6.45, 7) is 11.2. The van der Waals surface area contributed by atoms with E-state index in [2.05, 4.69) is 16.8 Å². The quantitative estimate of drug-likeness (QED) is 0.782. The van der Waals surface area contributed by atoms with Crippen LogP contribution in [0.5, 0.6) is 5.75 Å². The van der Waals surface area contributed by atoms with Gasteiger partial charge < -0.3 is 14.5 Å². The smallest absolute Gasteiger partial charge is 0.164 e. The van der Waals surface area contributed by atoms with Crippen molar-refractivity contribution < 1.29 is 9.53 Å². The molecule has 1 aromatic rings. The lowest BCUT2D eigenvalue weighted by Crippen LogP contribution is -2.45. The maximum absolute atomic E-state index is 12.6. The van der Waals surface area contributed by atoms with Crippen LogP contribution in [0.4, 0.5) is 0 Å². The average molecular weight is 304 g/mol. The molecule has 0 saturated carbocycles. The van der Waals surface area contributed by atoms with Crippen molar-refractivity contribution >= 4 is 5.78 Å². The fraction of sp³-hybridized carbons (Fsp3) is 0.611. The number of methoxy groups -OCH3 is 1. The summed E-state index contributed by atoms with van der Waals surface area (Å²) in [6.07, 6.45) is 0.593. The predicted molar refractivity (Wildman–Crippen MR) is 90.1 cm³/mol. The first-order valence-electron chi connectivity index (χ1n) is 8.03. The second kappa shape index (κ2) is 7.25. The molecular formula is C18H28N2O2. The Labute approximate surface area is 134 Å². The maximum Gasteiger partial charge on any atom is 0.164 e. The molecule has 1 fully saturated rings. The highest BCUT2D eigenvalue weighted by Gasteiger charge is 2.18. The molecule has 0 unspecified atom stereocenters. The van der Waals surface area contributed by atoms with E-state index in [9.17, 15) is 4.79 Å². The fourth-order valence-electron chi connectivity index (χ4n) is 3.13. The van der Waals surface area contributed by atoms with E-state index >= 15 is 0 Å². The van der Waals surface area contributed by atoms with Gasteiger partial charge in [0, 0.05) is 44.7 Å². The number of nitrogens with zero attached hydrogens (tertiary/aromatic N) is 2. The van der Waals surface area contributed by atoms with E-state index in [4.69, 9.17) is 4.74 Å². The molecule has 4 nitrogen and oxygen atoms in total. The van der Waals surface area contributed by atoms with Gasteiger partial charge in [-0.25, -0.2) is 0 Å². The number of aryl methyl sites for hydroxylation is 1. The van der Waals surface area contributed by atoms with Crippen LogP contribution in [0.2, 0.25) is 0 Å². The lowest BCUT2D eigenvalue weighted by molar-refractivity contribution is 0.0941. The van der Waals surface area contributed by atoms with Crippen molar-refractivity contribution in [3.05, 3.63) is 28.3 Å². The van der Waals surface area contributed by atoms with Gasteiger partial charge in [-0.05, 0) is 50.6 Å². The number of Topliss-reactive ketones (excluding diaryl/α,β-unsaturated/α-hetero) is 1. The number of carbonyl (C=O) groups is 1. The zero-order valence-electron chi connectivity index (χ0n) is 14.5. The van der Waals surface area contributed by atoms with Crippen molar-refractivity contribution in [2.24, 2.45) is 0 Å². The van der Waals surface area contributed by atoms with Gasteiger partial charge in [-0.15, -0.1) is 0 Å². The number of piperazine rings is 1. The number of carbonyl (C=O) groups excluding carboxylic acids is 1. The van der Waals surface area contributed by atoms with Gasteiger partial charge in [0.25, 0.3) is 0 Å². The molecule has 0 N–H and O–H groups in total. The number of ether oxygens (including phenoxy) is 1. The Bertz CT molecular complexity index is 547. The number of hydrogen-bond acceptors (Lipinski definition) is 4. The molecule has 0 aromatic heterocycles. The lowest BCUT2D eigenvalue weighted by Gasteiger charge is -2.32. The molecular weight excluding hydrogens is 276 g/mol. The maximum atomic E-state index is 12.6. The minimum absolute atomic E-state index is 0.241. The van der Waals surface area contributed by atoms with Gasteiger partial charge in [-0.1, -0.05) is 0 Å². The molecule has 1 aliphatic heterocycles. The highest BCUT2D eigenvalue weighted by Crippen LogP contribution is 2.29. The van der Waals surface area contributed by atoms with Crippen molar-refractivity contribution in [3.8, 4) is 5.75 Å². The van der Waals surface area contributed by atoms with Gasteiger partial charge in [0.2, 0.25) is 0 Å². The molecule has 0 atom stereocenters. The molecule has 22 heavy (non-hydrogen) atoms. The van der Waals surface area contributed by atoms with E-state index in [0.29, 0.717) is 6.42 Å². The molecule has 2 rings (SSSR count). The predicted octanol–water partition coefficient (Wildman–Crippen LogP) is 2.44. The monoisotopic (exact) mass is 304 g/mol. The number of likely N-dealkylation sites (N-methyl/N-ethyl adjacent to an activating group) is 1. The van der Waals surface area contributed by atoms with Crippen molar-refractivity contribution in [1.29, 1.82) is 0 Å². The second-order valence-corrected chi connectivity index (χ2v) is 6.34. The normalized spacial score (nSPS) is 16.8. The molecule has 4 heteroatoms. The third-order valence-electron chi connectivity index (χ3n) is 4.78. The van der Waals surface area contributed by atoms with Gasteiger partial charge >= 0.3 is 0 Å². The van der Waals surface area contributed by atoms with Crippen molar-refractivity contribution in [2.45, 2.75) is 27.2 Å². The first-order chi connectivity index (χ1) is 10.4. The van der Waals surface area contributed by atoms with Crippen LogP contribution in [0.25, 0.3) is 0 Å².